The first-order valence-corrected chi connectivity index (χ1v) is 11.1. The molecule has 3 rings (SSSR count). The first kappa shape index (κ1) is 21.9. The Labute approximate surface area is 176 Å². The van der Waals surface area contributed by atoms with Gasteiger partial charge < -0.3 is 9.47 Å². The summed E-state index contributed by atoms with van der Waals surface area (Å²) in [6.45, 7) is 1.54. The second-order valence-corrected chi connectivity index (χ2v) is 8.63. The monoisotopic (exact) mass is 431 g/mol. The van der Waals surface area contributed by atoms with Crippen LogP contribution in [-0.2, 0) is 26.0 Å². The molecule has 30 heavy (non-hydrogen) atoms. The van der Waals surface area contributed by atoms with Crippen molar-refractivity contribution in [2.45, 2.75) is 17.7 Å². The summed E-state index contributed by atoms with van der Waals surface area (Å²) in [7, 11) is -1.94. The van der Waals surface area contributed by atoms with Gasteiger partial charge in [0.05, 0.1) is 31.4 Å². The number of hydrogen-bond donors (Lipinski definition) is 1. The highest BCUT2D eigenvalue weighted by atomic mass is 32.2. The molecule has 1 fully saturated rings. The largest absolute Gasteiger partial charge is 0.496 e. The van der Waals surface area contributed by atoms with E-state index in [0.29, 0.717) is 38.5 Å². The third-order valence-corrected chi connectivity index (χ3v) is 6.62. The van der Waals surface area contributed by atoms with Crippen molar-refractivity contribution >= 4 is 22.1 Å². The summed E-state index contributed by atoms with van der Waals surface area (Å²) in [6.07, 6.45) is 2.24. The molecule has 0 atom stereocenters. The van der Waals surface area contributed by atoms with E-state index in [2.05, 4.69) is 10.5 Å². The van der Waals surface area contributed by atoms with Crippen LogP contribution in [-0.4, -0.2) is 58.3 Å². The van der Waals surface area contributed by atoms with Gasteiger partial charge >= 0.3 is 0 Å². The Balaban J connectivity index is 1.51. The van der Waals surface area contributed by atoms with Gasteiger partial charge in [-0.2, -0.15) is 9.41 Å². The van der Waals surface area contributed by atoms with Gasteiger partial charge in [-0.05, 0) is 36.2 Å². The minimum Gasteiger partial charge on any atom is -0.496 e. The topological polar surface area (TPSA) is 97.3 Å². The molecule has 1 amide bonds. The third kappa shape index (κ3) is 5.65. The van der Waals surface area contributed by atoms with Crippen LogP contribution >= 0.6 is 0 Å². The number of para-hydroxylation sites is 1. The zero-order valence-corrected chi connectivity index (χ0v) is 17.6. The van der Waals surface area contributed by atoms with Gasteiger partial charge in [-0.15, -0.1) is 0 Å². The lowest BCUT2D eigenvalue weighted by atomic mass is 10.1. The van der Waals surface area contributed by atoms with E-state index in [0.717, 1.165) is 11.1 Å². The minimum absolute atomic E-state index is 0.230. The highest BCUT2D eigenvalue weighted by Crippen LogP contribution is 2.18. The van der Waals surface area contributed by atoms with Gasteiger partial charge in [-0.1, -0.05) is 24.3 Å². The molecule has 1 N–H and O–H groups in total. The molecule has 0 unspecified atom stereocenters. The Morgan fingerprint density at radius 3 is 2.57 bits per heavy atom. The lowest BCUT2D eigenvalue weighted by Crippen LogP contribution is -2.40. The third-order valence-electron chi connectivity index (χ3n) is 4.70. The molecule has 0 saturated carbocycles. The smallest absolute Gasteiger partial charge is 0.243 e. The van der Waals surface area contributed by atoms with E-state index in [1.807, 2.05) is 24.3 Å². The van der Waals surface area contributed by atoms with Crippen molar-refractivity contribution in [1.29, 1.82) is 0 Å². The van der Waals surface area contributed by atoms with Crippen LogP contribution in [0.25, 0.3) is 0 Å². The van der Waals surface area contributed by atoms with E-state index in [1.54, 1.807) is 31.4 Å². The number of morpholine rings is 1. The Morgan fingerprint density at radius 1 is 1.17 bits per heavy atom. The molecule has 160 valence electrons. The minimum atomic E-state index is -3.51. The zero-order valence-electron chi connectivity index (χ0n) is 16.8. The second-order valence-electron chi connectivity index (χ2n) is 6.70. The maximum atomic E-state index is 12.6. The molecule has 1 aliphatic rings. The summed E-state index contributed by atoms with van der Waals surface area (Å²) < 4.78 is 37.1. The summed E-state index contributed by atoms with van der Waals surface area (Å²) >= 11 is 0. The second kappa shape index (κ2) is 10.3. The first-order chi connectivity index (χ1) is 14.5. The van der Waals surface area contributed by atoms with Gasteiger partial charge in [0.1, 0.15) is 5.75 Å². The fraction of sp³-hybridized carbons (Fsp3) is 0.333. The quantitative estimate of drug-likeness (QED) is 0.508. The van der Waals surface area contributed by atoms with E-state index in [4.69, 9.17) is 9.47 Å². The predicted molar refractivity (Wildman–Crippen MR) is 113 cm³/mol. The van der Waals surface area contributed by atoms with Gasteiger partial charge in [0.15, 0.2) is 0 Å². The van der Waals surface area contributed by atoms with Crippen LogP contribution < -0.4 is 10.2 Å². The summed E-state index contributed by atoms with van der Waals surface area (Å²) in [5.74, 6) is 0.439. The number of nitrogens with one attached hydrogen (secondary N) is 1. The maximum absolute atomic E-state index is 12.6. The van der Waals surface area contributed by atoms with Crippen molar-refractivity contribution in [3.05, 3.63) is 59.7 Å². The zero-order chi connectivity index (χ0) is 21.4. The highest BCUT2D eigenvalue weighted by molar-refractivity contribution is 7.89. The molecule has 0 spiro atoms. The molecule has 2 aromatic carbocycles. The van der Waals surface area contributed by atoms with E-state index in [9.17, 15) is 13.2 Å². The number of nitrogens with zero attached hydrogens (tertiary/aromatic N) is 2. The van der Waals surface area contributed by atoms with Crippen LogP contribution in [0, 0.1) is 0 Å². The molecule has 0 aliphatic carbocycles. The number of amides is 1. The van der Waals surface area contributed by atoms with Gasteiger partial charge in [0.25, 0.3) is 0 Å². The van der Waals surface area contributed by atoms with Gasteiger partial charge in [-0.3, -0.25) is 4.79 Å². The molecule has 0 radical (unpaired) electrons. The number of carbonyl (C=O) groups excluding carboxylic acids is 1. The van der Waals surface area contributed by atoms with Crippen LogP contribution in [0.15, 0.2) is 58.5 Å². The van der Waals surface area contributed by atoms with Gasteiger partial charge in [0.2, 0.25) is 15.9 Å². The standard InChI is InChI=1S/C21H25N3O5S/c1-28-20-5-3-2-4-18(20)16-22-23-21(25)11-8-17-6-9-19(10-7-17)30(26,27)24-12-14-29-15-13-24/h2-7,9-10,16H,8,11-15H2,1H3,(H,23,25)/b22-16+. The molecule has 2 aromatic rings. The molecule has 0 aromatic heterocycles. The lowest BCUT2D eigenvalue weighted by Gasteiger charge is -2.26. The highest BCUT2D eigenvalue weighted by Gasteiger charge is 2.26. The van der Waals surface area contributed by atoms with Crippen molar-refractivity contribution in [1.82, 2.24) is 9.73 Å². The Hall–Kier alpha value is -2.75. The molecule has 8 nitrogen and oxygen atoms in total. The average Bonchev–Trinajstić information content (AvgIpc) is 2.79. The van der Waals surface area contributed by atoms with Crippen molar-refractivity contribution < 1.29 is 22.7 Å². The average molecular weight is 432 g/mol. The van der Waals surface area contributed by atoms with Gasteiger partial charge in [-0.25, -0.2) is 13.8 Å². The van der Waals surface area contributed by atoms with E-state index >= 15 is 0 Å². The van der Waals surface area contributed by atoms with Crippen LogP contribution in [0.4, 0.5) is 0 Å². The normalized spacial score (nSPS) is 15.2. The Bertz CT molecular complexity index is 984. The molecular formula is C21H25N3O5S. The Kier molecular flexibility index (Phi) is 7.56. The van der Waals surface area contributed by atoms with E-state index in [1.165, 1.54) is 10.5 Å². The summed E-state index contributed by atoms with van der Waals surface area (Å²) in [4.78, 5) is 12.3. The number of rotatable bonds is 8. The lowest BCUT2D eigenvalue weighted by molar-refractivity contribution is -0.121. The number of hydrogen-bond acceptors (Lipinski definition) is 6. The molecule has 0 bridgehead atoms. The molecule has 1 aliphatic heterocycles. The molecule has 1 saturated heterocycles. The molecule has 9 heteroatoms. The molecule has 1 heterocycles. The van der Waals surface area contributed by atoms with Crippen molar-refractivity contribution in [2.24, 2.45) is 5.10 Å². The summed E-state index contributed by atoms with van der Waals surface area (Å²) in [6, 6.07) is 14.0. The summed E-state index contributed by atoms with van der Waals surface area (Å²) in [5, 5.41) is 3.96. The van der Waals surface area contributed by atoms with E-state index in [-0.39, 0.29) is 17.2 Å². The van der Waals surface area contributed by atoms with Crippen LogP contribution in [0.2, 0.25) is 0 Å². The van der Waals surface area contributed by atoms with Crippen molar-refractivity contribution in [2.75, 3.05) is 33.4 Å². The Morgan fingerprint density at radius 2 is 1.87 bits per heavy atom. The number of hydrazone groups is 1. The van der Waals surface area contributed by atoms with Gasteiger partial charge in [0, 0.05) is 25.1 Å². The SMILES string of the molecule is COc1ccccc1/C=N/NC(=O)CCc1ccc(S(=O)(=O)N2CCOCC2)cc1. The fourth-order valence-electron chi connectivity index (χ4n) is 3.02. The number of sulfonamides is 1. The fourth-order valence-corrected chi connectivity index (χ4v) is 4.43. The number of benzene rings is 2. The number of aryl methyl sites for hydroxylation is 1. The first-order valence-electron chi connectivity index (χ1n) is 9.62. The van der Waals surface area contributed by atoms with Crippen molar-refractivity contribution in [3.8, 4) is 5.75 Å². The maximum Gasteiger partial charge on any atom is 0.243 e. The van der Waals surface area contributed by atoms with Crippen molar-refractivity contribution in [3.63, 3.8) is 0 Å². The van der Waals surface area contributed by atoms with E-state index < -0.39 is 10.0 Å². The van der Waals surface area contributed by atoms with Crippen LogP contribution in [0.5, 0.6) is 5.75 Å². The number of methoxy groups -OCH3 is 1. The number of ether oxygens (including phenoxy) is 2. The van der Waals surface area contributed by atoms with Crippen LogP contribution in [0.1, 0.15) is 17.5 Å². The summed E-state index contributed by atoms with van der Waals surface area (Å²) in [5.41, 5.74) is 4.13. The predicted octanol–water partition coefficient (Wildman–Crippen LogP) is 1.80. The number of carbonyl (C=O) groups is 1. The molecular weight excluding hydrogens is 406 g/mol. The van der Waals surface area contributed by atoms with Crippen LogP contribution in [0.3, 0.4) is 0 Å².